The molecule has 2 N–H and O–H groups in total. The maximum Gasteiger partial charge on any atom is 0.370 e. The van der Waals surface area contributed by atoms with Gasteiger partial charge in [0.2, 0.25) is 0 Å². The molecule has 1 rings (SSSR count). The minimum Gasteiger partial charge on any atom is -0.500 e. The predicted octanol–water partition coefficient (Wildman–Crippen LogP) is 0.462. The van der Waals surface area contributed by atoms with E-state index >= 15 is 0 Å². The summed E-state index contributed by atoms with van der Waals surface area (Å²) in [4.78, 5) is 19.8. The Kier molecular flexibility index (Phi) is 5.62. The molecule has 84 valence electrons. The summed E-state index contributed by atoms with van der Waals surface area (Å²) in [7, 11) is 1.26. The Balaban J connectivity index is 0.000000265. The van der Waals surface area contributed by atoms with Gasteiger partial charge < -0.3 is 19.7 Å². The van der Waals surface area contributed by atoms with E-state index in [0.29, 0.717) is 0 Å². The summed E-state index contributed by atoms with van der Waals surface area (Å²) in [6.45, 7) is 3.34. The van der Waals surface area contributed by atoms with Crippen molar-refractivity contribution in [3.05, 3.63) is 24.7 Å². The lowest BCUT2D eigenvalue weighted by atomic mass is 10.2. The normalized spacial score (nSPS) is 17.0. The fourth-order valence-corrected chi connectivity index (χ4v) is 0.606. The Labute approximate surface area is 86.4 Å². The number of aliphatic carboxylic acids is 2. The summed E-state index contributed by atoms with van der Waals surface area (Å²) >= 11 is 0. The second-order valence-corrected chi connectivity index (χ2v) is 2.54. The molecule has 0 aliphatic carbocycles. The number of carboxylic acid groups (broad SMARTS) is 2. The van der Waals surface area contributed by atoms with Crippen LogP contribution in [0, 0.1) is 5.92 Å². The highest BCUT2D eigenvalue weighted by atomic mass is 16.5. The molecule has 0 fully saturated rings. The minimum absolute atomic E-state index is 0.236. The minimum atomic E-state index is -1.12. The van der Waals surface area contributed by atoms with Gasteiger partial charge in [-0.3, -0.25) is 4.79 Å². The summed E-state index contributed by atoms with van der Waals surface area (Å²) < 4.78 is 8.87. The summed E-state index contributed by atoms with van der Waals surface area (Å²) in [5.41, 5.74) is 0. The van der Waals surface area contributed by atoms with Crippen LogP contribution in [0.4, 0.5) is 0 Å². The van der Waals surface area contributed by atoms with Gasteiger partial charge in [0.05, 0.1) is 13.4 Å². The third-order valence-electron chi connectivity index (χ3n) is 1.49. The number of carbonyl (C=O) groups is 2. The van der Waals surface area contributed by atoms with Crippen LogP contribution >= 0.6 is 0 Å². The van der Waals surface area contributed by atoms with Gasteiger partial charge >= 0.3 is 11.9 Å². The van der Waals surface area contributed by atoms with Gasteiger partial charge in [-0.1, -0.05) is 0 Å². The van der Waals surface area contributed by atoms with Crippen LogP contribution in [0.15, 0.2) is 24.7 Å². The monoisotopic (exact) mass is 216 g/mol. The Morgan fingerprint density at radius 2 is 2.13 bits per heavy atom. The Hall–Kier alpha value is -1.98. The molecule has 0 saturated heterocycles. The van der Waals surface area contributed by atoms with E-state index in [2.05, 4.69) is 16.1 Å². The maximum atomic E-state index is 10.1. The van der Waals surface area contributed by atoms with Crippen molar-refractivity contribution in [2.45, 2.75) is 0 Å². The summed E-state index contributed by atoms with van der Waals surface area (Å²) in [6, 6.07) is 0. The van der Waals surface area contributed by atoms with Gasteiger partial charge in [-0.15, -0.1) is 0 Å². The van der Waals surface area contributed by atoms with Crippen LogP contribution in [0.1, 0.15) is 0 Å². The molecule has 0 radical (unpaired) electrons. The highest BCUT2D eigenvalue weighted by Crippen LogP contribution is 2.06. The van der Waals surface area contributed by atoms with E-state index in [1.54, 1.807) is 0 Å². The van der Waals surface area contributed by atoms with E-state index < -0.39 is 17.9 Å². The zero-order valence-corrected chi connectivity index (χ0v) is 8.17. The molecule has 0 spiro atoms. The van der Waals surface area contributed by atoms with Crippen molar-refractivity contribution in [1.29, 1.82) is 0 Å². The van der Waals surface area contributed by atoms with Crippen LogP contribution in [0.2, 0.25) is 0 Å². The fourth-order valence-electron chi connectivity index (χ4n) is 0.606. The third-order valence-corrected chi connectivity index (χ3v) is 1.49. The molecule has 6 heteroatoms. The molecule has 1 unspecified atom stereocenters. The Morgan fingerprint density at radius 1 is 1.53 bits per heavy atom. The molecule has 0 aromatic rings. The summed E-state index contributed by atoms with van der Waals surface area (Å²) in [5.74, 6) is -2.60. The van der Waals surface area contributed by atoms with E-state index in [4.69, 9.17) is 10.2 Å². The number of hydrogen-bond donors (Lipinski definition) is 2. The lowest BCUT2D eigenvalue weighted by Gasteiger charge is -1.95. The van der Waals surface area contributed by atoms with Gasteiger partial charge in [0, 0.05) is 0 Å². The molecule has 0 bridgehead atoms. The molecule has 0 aromatic carbocycles. The lowest BCUT2D eigenvalue weighted by molar-refractivity contribution is -0.140. The number of methoxy groups -OCH3 is 1. The van der Waals surface area contributed by atoms with E-state index in [-0.39, 0.29) is 12.4 Å². The van der Waals surface area contributed by atoms with Crippen molar-refractivity contribution in [3.63, 3.8) is 0 Å². The molecular formula is C9H12O6. The third kappa shape index (κ3) is 5.35. The Morgan fingerprint density at radius 3 is 2.27 bits per heavy atom. The van der Waals surface area contributed by atoms with Crippen molar-refractivity contribution in [2.24, 2.45) is 5.92 Å². The summed E-state index contributed by atoms with van der Waals surface area (Å²) in [5, 5.41) is 16.2. The van der Waals surface area contributed by atoms with E-state index in [9.17, 15) is 9.59 Å². The highest BCUT2D eigenvalue weighted by molar-refractivity contribution is 5.83. The second-order valence-electron chi connectivity index (χ2n) is 2.54. The zero-order chi connectivity index (χ0) is 11.8. The topological polar surface area (TPSA) is 93.1 Å². The predicted molar refractivity (Wildman–Crippen MR) is 50.0 cm³/mol. The molecule has 0 amide bonds. The van der Waals surface area contributed by atoms with Crippen molar-refractivity contribution in [3.8, 4) is 0 Å². The highest BCUT2D eigenvalue weighted by Gasteiger charge is 2.17. The van der Waals surface area contributed by atoms with E-state index in [1.165, 1.54) is 19.4 Å². The molecular weight excluding hydrogens is 204 g/mol. The Bertz CT molecular complexity index is 280. The molecule has 0 aromatic heterocycles. The van der Waals surface area contributed by atoms with Crippen LogP contribution < -0.4 is 0 Å². The average Bonchev–Trinajstić information content (AvgIpc) is 2.70. The summed E-state index contributed by atoms with van der Waals surface area (Å²) in [6.07, 6.45) is 2.95. The fraction of sp³-hybridized carbons (Fsp3) is 0.333. The average molecular weight is 216 g/mol. The van der Waals surface area contributed by atoms with Crippen LogP contribution in [0.3, 0.4) is 0 Å². The lowest BCUT2D eigenvalue weighted by Crippen LogP contribution is -2.11. The molecule has 6 nitrogen and oxygen atoms in total. The molecule has 15 heavy (non-hydrogen) atoms. The molecule has 0 saturated carbocycles. The quantitative estimate of drug-likeness (QED) is 0.526. The van der Waals surface area contributed by atoms with Crippen LogP contribution in [0.25, 0.3) is 0 Å². The first-order valence-electron chi connectivity index (χ1n) is 3.96. The van der Waals surface area contributed by atoms with Crippen LogP contribution in [-0.4, -0.2) is 35.9 Å². The smallest absolute Gasteiger partial charge is 0.370 e. The molecule has 1 atom stereocenters. The van der Waals surface area contributed by atoms with Crippen molar-refractivity contribution < 1.29 is 29.3 Å². The van der Waals surface area contributed by atoms with Gasteiger partial charge in [0.25, 0.3) is 0 Å². The first kappa shape index (κ1) is 13.0. The SMILES string of the molecule is C=C(OC)C(=O)O.O=C(O)C1C=COC1. The van der Waals surface area contributed by atoms with Crippen LogP contribution in [-0.2, 0) is 19.1 Å². The first-order chi connectivity index (χ1) is 6.99. The molecule has 1 aliphatic heterocycles. The second kappa shape index (κ2) is 6.47. The van der Waals surface area contributed by atoms with Gasteiger partial charge in [-0.05, 0) is 12.7 Å². The van der Waals surface area contributed by atoms with Crippen molar-refractivity contribution >= 4 is 11.9 Å². The van der Waals surface area contributed by atoms with Crippen molar-refractivity contribution in [1.82, 2.24) is 0 Å². The maximum absolute atomic E-state index is 10.1. The van der Waals surface area contributed by atoms with Gasteiger partial charge in [0.1, 0.15) is 12.5 Å². The van der Waals surface area contributed by atoms with Gasteiger partial charge in [0.15, 0.2) is 5.76 Å². The molecule has 1 aliphatic rings. The van der Waals surface area contributed by atoms with Crippen molar-refractivity contribution in [2.75, 3.05) is 13.7 Å². The number of rotatable bonds is 3. The largest absolute Gasteiger partial charge is 0.500 e. The number of carboxylic acids is 2. The van der Waals surface area contributed by atoms with Gasteiger partial charge in [-0.2, -0.15) is 0 Å². The standard InChI is InChI=1S/C5H6O3.C4H6O3/c6-5(7)4-1-2-8-3-4;1-3(7-2)4(5)6/h1-2,4H,3H2,(H,6,7);1H2,2H3,(H,5,6). The zero-order valence-electron chi connectivity index (χ0n) is 8.17. The van der Waals surface area contributed by atoms with Gasteiger partial charge in [-0.25, -0.2) is 4.79 Å². The van der Waals surface area contributed by atoms with Crippen LogP contribution in [0.5, 0.6) is 0 Å². The first-order valence-corrected chi connectivity index (χ1v) is 3.96. The van der Waals surface area contributed by atoms with E-state index in [0.717, 1.165) is 0 Å². The number of ether oxygens (including phenoxy) is 2. The van der Waals surface area contributed by atoms with E-state index in [1.807, 2.05) is 0 Å². The number of hydrogen-bond acceptors (Lipinski definition) is 4. The molecule has 1 heterocycles.